The molecule has 3 aromatic carbocycles. The molecule has 5 aromatic rings. The molecule has 21 N–H and O–H groups in total. The van der Waals surface area contributed by atoms with Crippen LogP contribution in [-0.2, 0) is 88.0 Å². The van der Waals surface area contributed by atoms with Crippen LogP contribution in [0.3, 0.4) is 0 Å². The van der Waals surface area contributed by atoms with Gasteiger partial charge >= 0.3 is 5.97 Å². The molecule has 1 aliphatic heterocycles. The lowest BCUT2D eigenvalue weighted by molar-refractivity contribution is -0.142. The van der Waals surface area contributed by atoms with Gasteiger partial charge in [-0.1, -0.05) is 88.4 Å². The van der Waals surface area contributed by atoms with E-state index in [9.17, 15) is 82.8 Å². The van der Waals surface area contributed by atoms with E-state index in [1.165, 1.54) is 36.5 Å². The number of H-pyrrole nitrogens is 2. The first-order chi connectivity index (χ1) is 51.4. The number of aromatic nitrogens is 3. The average molecular weight is 1540 g/mol. The third-order valence-corrected chi connectivity index (χ3v) is 18.7. The van der Waals surface area contributed by atoms with E-state index in [2.05, 4.69) is 98.7 Å². The number of aromatic amines is 2. The number of aromatic hydroxyl groups is 1. The largest absolute Gasteiger partial charge is 0.508 e. The van der Waals surface area contributed by atoms with Crippen LogP contribution in [0.25, 0.3) is 10.9 Å². The predicted octanol–water partition coefficient (Wildman–Crippen LogP) is -2.70. The third kappa shape index (κ3) is 26.4. The van der Waals surface area contributed by atoms with E-state index in [4.69, 9.17) is 11.5 Å². The summed E-state index contributed by atoms with van der Waals surface area (Å²) >= 11 is 8.48. The fraction of sp³-hybridized carbons (Fsp3) is 0.500. The van der Waals surface area contributed by atoms with Crippen LogP contribution in [-0.4, -0.2) is 233 Å². The first-order valence-corrected chi connectivity index (χ1v) is 36.9. The Bertz CT molecular complexity index is 3870. The highest BCUT2D eigenvalue weighted by Gasteiger charge is 2.40. The Morgan fingerprint density at radius 1 is 0.583 bits per heavy atom. The number of aliphatic hydroxyl groups excluding tert-OH is 2. The van der Waals surface area contributed by atoms with Crippen molar-refractivity contribution in [2.45, 2.75) is 177 Å². The number of carbonyl (C=O) groups is 13. The number of nitrogens with zero attached hydrogens (tertiary/aromatic N) is 2. The molecule has 0 bridgehead atoms. The number of fused-ring (bicyclic) bond motifs is 1. The second kappa shape index (κ2) is 43.0. The van der Waals surface area contributed by atoms with Crippen LogP contribution in [0.15, 0.2) is 97.6 Å². The molecule has 0 saturated carbocycles. The summed E-state index contributed by atoms with van der Waals surface area (Å²) in [5.41, 5.74) is 14.4. The van der Waals surface area contributed by atoms with Gasteiger partial charge in [-0.05, 0) is 105 Å². The Balaban J connectivity index is 1.12. The third-order valence-electron chi connectivity index (χ3n) is 17.9. The molecule has 588 valence electrons. The predicted molar refractivity (Wildman–Crippen MR) is 403 cm³/mol. The molecule has 3 heterocycles. The lowest BCUT2D eigenvalue weighted by Crippen LogP contribution is -2.62. The number of rotatable bonds is 43. The van der Waals surface area contributed by atoms with Crippen molar-refractivity contribution in [2.24, 2.45) is 23.3 Å². The Morgan fingerprint density at radius 3 is 1.72 bits per heavy atom. The van der Waals surface area contributed by atoms with Crippen LogP contribution >= 0.6 is 25.3 Å². The van der Waals surface area contributed by atoms with Crippen molar-refractivity contribution >= 4 is 113 Å². The minimum Gasteiger partial charge on any atom is -0.508 e. The number of thiol groups is 2. The number of para-hydroxylation sites is 1. The molecule has 0 aliphatic carbocycles. The normalized spacial score (nSPS) is 16.1. The summed E-state index contributed by atoms with van der Waals surface area (Å²) in [6.45, 7) is 6.74. The van der Waals surface area contributed by atoms with Crippen molar-refractivity contribution in [2.75, 3.05) is 37.7 Å². The van der Waals surface area contributed by atoms with Crippen molar-refractivity contribution in [1.29, 1.82) is 0 Å². The quantitative estimate of drug-likeness (QED) is 0.0139. The van der Waals surface area contributed by atoms with Gasteiger partial charge in [0.05, 0.1) is 31.6 Å². The van der Waals surface area contributed by atoms with E-state index in [0.29, 0.717) is 59.1 Å². The van der Waals surface area contributed by atoms with Crippen molar-refractivity contribution in [3.8, 4) is 5.75 Å². The van der Waals surface area contributed by atoms with E-state index in [0.717, 1.165) is 0 Å². The van der Waals surface area contributed by atoms with Crippen LogP contribution in [0.4, 0.5) is 0 Å². The number of aliphatic hydroxyl groups is 2. The minimum absolute atomic E-state index is 0.00274. The van der Waals surface area contributed by atoms with Gasteiger partial charge in [-0.2, -0.15) is 25.3 Å². The zero-order chi connectivity index (χ0) is 79.3. The molecule has 13 atom stereocenters. The maximum absolute atomic E-state index is 14.6. The van der Waals surface area contributed by atoms with Crippen LogP contribution in [0.2, 0.25) is 0 Å². The fourth-order valence-corrected chi connectivity index (χ4v) is 12.5. The topological polar surface area (TPSA) is 535 Å². The van der Waals surface area contributed by atoms with Gasteiger partial charge in [-0.25, -0.2) is 9.78 Å². The highest BCUT2D eigenvalue weighted by molar-refractivity contribution is 7.80. The smallest absolute Gasteiger partial charge is 0.326 e. The zero-order valence-electron chi connectivity index (χ0n) is 60.8. The summed E-state index contributed by atoms with van der Waals surface area (Å²) in [5, 5.41) is 69.6. The number of aliphatic carboxylic acids is 1. The zero-order valence-corrected chi connectivity index (χ0v) is 62.5. The summed E-state index contributed by atoms with van der Waals surface area (Å²) in [6.07, 6.45) is 3.58. The first kappa shape index (κ1) is 86.8. The number of nitrogens with two attached hydrogens (primary N) is 2. The molecule has 0 radical (unpaired) electrons. The van der Waals surface area contributed by atoms with Crippen molar-refractivity contribution in [3.63, 3.8) is 0 Å². The van der Waals surface area contributed by atoms with Gasteiger partial charge in [-0.3, -0.25) is 57.5 Å². The molecule has 1 aliphatic rings. The number of benzene rings is 3. The number of phenolic OH excluding ortho intramolecular Hbond substituents is 1. The molecule has 1 fully saturated rings. The molecule has 0 spiro atoms. The lowest BCUT2D eigenvalue weighted by atomic mass is 9.99. The summed E-state index contributed by atoms with van der Waals surface area (Å²) in [7, 11) is 0. The second-order valence-corrected chi connectivity index (χ2v) is 28.0. The highest BCUT2D eigenvalue weighted by Crippen LogP contribution is 2.22. The van der Waals surface area contributed by atoms with Gasteiger partial charge in [0, 0.05) is 66.3 Å². The minimum atomic E-state index is -1.77. The van der Waals surface area contributed by atoms with Crippen LogP contribution in [0.1, 0.15) is 95.5 Å². The summed E-state index contributed by atoms with van der Waals surface area (Å²) in [4.78, 5) is 192. The molecule has 6 rings (SSSR count). The number of carbonyl (C=O) groups excluding carboxylic acids is 12. The summed E-state index contributed by atoms with van der Waals surface area (Å²) < 4.78 is 0. The molecule has 108 heavy (non-hydrogen) atoms. The number of unbranched alkanes of at least 4 members (excludes halogenated alkanes) is 1. The van der Waals surface area contributed by atoms with E-state index in [1.54, 1.807) is 101 Å². The van der Waals surface area contributed by atoms with Gasteiger partial charge in [0.25, 0.3) is 0 Å². The van der Waals surface area contributed by atoms with Gasteiger partial charge in [-0.15, -0.1) is 0 Å². The van der Waals surface area contributed by atoms with E-state index < -0.39 is 175 Å². The molecular weight excluding hydrogens is 1440 g/mol. The molecule has 12 amide bonds. The maximum Gasteiger partial charge on any atom is 0.326 e. The molecule has 34 nitrogen and oxygen atoms in total. The molecule has 0 unspecified atom stereocenters. The van der Waals surface area contributed by atoms with Crippen LogP contribution in [0, 0.1) is 11.8 Å². The van der Waals surface area contributed by atoms with Gasteiger partial charge in [0.15, 0.2) is 0 Å². The number of hydrogen-bond acceptors (Lipinski definition) is 21. The fourth-order valence-electron chi connectivity index (χ4n) is 12.0. The Hall–Kier alpha value is -10.1. The van der Waals surface area contributed by atoms with Crippen molar-refractivity contribution in [1.82, 2.24) is 78.3 Å². The van der Waals surface area contributed by atoms with E-state index in [-0.39, 0.29) is 74.7 Å². The van der Waals surface area contributed by atoms with Crippen LogP contribution in [0.5, 0.6) is 5.75 Å². The van der Waals surface area contributed by atoms with Gasteiger partial charge < -0.3 is 105 Å². The standard InChI is InChI=1S/C72H101N17O17S2/c1-38(2)26-50(64(97)88-60(40(5)91)71(104)83-52(29-43-31-76-48-17-10-9-16-46(43)48)65(98)87-59(39(3)4)70(103)86-56(36-108)67(100)79-49(72(105)106)18-11-12-24-73)82-69(102)57-19-13-25-89(57)58(93)33-77-62(95)51(28-41-14-7-6-8-15-41)80-63(96)53(30-44-32-75-37-78-44)81-68(101)55(35-107)85-66(99)54(34-90)84-61(94)47(74)27-42-20-22-45(92)23-21-42/h6-10,14-17,20-23,31-32,37-40,47,49-57,59-60,76,90-92,107-108H,11-13,18-19,24-30,33-36,73-74H2,1-5H3,(H,75,78)(H,77,95)(H,79,100)(H,80,96)(H,81,101)(H,82,102)(H,83,104)(H,84,94)(H,85,99)(H,86,103)(H,87,98)(H,88,97)(H,105,106)/t40-,47+,49+,50+,51+,52+,53+,54+,55+,56+,57+,59+,60+/m1/s1. The van der Waals surface area contributed by atoms with Gasteiger partial charge in [0.2, 0.25) is 70.9 Å². The Kier molecular flexibility index (Phi) is 34.6. The number of imidazole rings is 1. The van der Waals surface area contributed by atoms with Crippen molar-refractivity contribution in [3.05, 3.63) is 120 Å². The number of phenols is 1. The lowest BCUT2D eigenvalue weighted by Gasteiger charge is -2.30. The second-order valence-electron chi connectivity index (χ2n) is 27.2. The monoisotopic (exact) mass is 1540 g/mol. The number of carboxylic acids is 1. The van der Waals surface area contributed by atoms with Gasteiger partial charge in [0.1, 0.15) is 72.2 Å². The number of amides is 12. The number of nitrogens with one attached hydrogen (secondary N) is 13. The van der Waals surface area contributed by atoms with E-state index in [1.807, 2.05) is 0 Å². The number of likely N-dealkylation sites (tertiary alicyclic amines) is 1. The number of hydrogen-bond donors (Lipinski definition) is 21. The highest BCUT2D eigenvalue weighted by atomic mass is 32.1. The molecule has 2 aromatic heterocycles. The first-order valence-electron chi connectivity index (χ1n) is 35.6. The molecular formula is C72H101N17O17S2. The number of carboxylic acid groups (broad SMARTS) is 1. The molecule has 1 saturated heterocycles. The summed E-state index contributed by atoms with van der Waals surface area (Å²) in [5.74, 6) is -13.3. The average Bonchev–Trinajstić information content (AvgIpc) is 1.67. The van der Waals surface area contributed by atoms with E-state index >= 15 is 0 Å². The SMILES string of the molecule is CC(C)C[C@H](NC(=O)[C@@H]1CCCN1C(=O)CNC(=O)[C@H](Cc1ccccc1)NC(=O)[C@H](Cc1cnc[nH]1)NC(=O)[C@H](CS)NC(=O)[C@H](CO)NC(=O)[C@@H](N)Cc1ccc(O)cc1)C(=O)N[C@H](C(=O)N[C@@H](Cc1c[nH]c2ccccc12)C(=O)N[C@H](C(=O)N[C@@H](CS)C(=O)N[C@@H](CCCCN)C(=O)O)C(C)C)[C@@H](C)O. The Morgan fingerprint density at radius 2 is 1.12 bits per heavy atom. The molecule has 36 heteroatoms. The van der Waals surface area contributed by atoms with Crippen molar-refractivity contribution < 1.29 is 82.8 Å². The van der Waals surface area contributed by atoms with Crippen LogP contribution < -0.4 is 70.0 Å². The summed E-state index contributed by atoms with van der Waals surface area (Å²) in [6, 6.07) is 4.60. The maximum atomic E-state index is 14.6. The Labute approximate surface area is 635 Å².